The highest BCUT2D eigenvalue weighted by Gasteiger charge is 2.10. The van der Waals surface area contributed by atoms with E-state index in [4.69, 9.17) is 9.47 Å². The maximum Gasteiger partial charge on any atom is 0.252 e. The Morgan fingerprint density at radius 3 is 2.67 bits per heavy atom. The molecule has 0 aliphatic carbocycles. The SMILES string of the molecule is CCCCCCOc1ccccc1C(=O)/C=N\Nc1nc(-c2ccc(OC)cc2)cc(=O)[nH]1. The second-order valence-corrected chi connectivity index (χ2v) is 7.35. The molecule has 0 fully saturated rings. The summed E-state index contributed by atoms with van der Waals surface area (Å²) in [5.74, 6) is 1.03. The van der Waals surface area contributed by atoms with Crippen LogP contribution in [-0.2, 0) is 0 Å². The number of nitrogens with zero attached hydrogens (tertiary/aromatic N) is 2. The van der Waals surface area contributed by atoms with Crippen molar-refractivity contribution in [2.45, 2.75) is 32.6 Å². The number of rotatable bonds is 12. The van der Waals surface area contributed by atoms with Gasteiger partial charge in [-0.3, -0.25) is 14.6 Å². The number of nitrogens with one attached hydrogen (secondary N) is 2. The number of H-pyrrole nitrogens is 1. The molecule has 0 aliphatic rings. The molecule has 3 aromatic rings. The minimum Gasteiger partial charge on any atom is -0.497 e. The number of ketones is 1. The fraction of sp³-hybridized carbons (Fsp3) is 0.280. The summed E-state index contributed by atoms with van der Waals surface area (Å²) in [6, 6.07) is 15.6. The van der Waals surface area contributed by atoms with Gasteiger partial charge in [0.05, 0.1) is 31.2 Å². The molecule has 0 unspecified atom stereocenters. The molecule has 33 heavy (non-hydrogen) atoms. The molecule has 0 atom stereocenters. The van der Waals surface area contributed by atoms with Gasteiger partial charge in [0.1, 0.15) is 11.5 Å². The Morgan fingerprint density at radius 2 is 1.91 bits per heavy atom. The minimum atomic E-state index is -0.346. The molecule has 2 N–H and O–H groups in total. The van der Waals surface area contributed by atoms with Gasteiger partial charge in [0.25, 0.3) is 5.56 Å². The molecule has 0 radical (unpaired) electrons. The summed E-state index contributed by atoms with van der Waals surface area (Å²) in [7, 11) is 1.58. The molecule has 0 saturated heterocycles. The van der Waals surface area contributed by atoms with E-state index in [1.165, 1.54) is 6.07 Å². The molecule has 2 aromatic carbocycles. The summed E-state index contributed by atoms with van der Waals surface area (Å²) < 4.78 is 10.9. The molecule has 1 heterocycles. The van der Waals surface area contributed by atoms with E-state index in [2.05, 4.69) is 27.4 Å². The first-order chi connectivity index (χ1) is 16.1. The number of aromatic nitrogens is 2. The first kappa shape index (κ1) is 23.7. The number of Topliss-reactive ketones (excluding diaryl/α,β-unsaturated/α-hetero) is 1. The average Bonchev–Trinajstić information content (AvgIpc) is 2.84. The zero-order valence-electron chi connectivity index (χ0n) is 18.8. The molecule has 0 amide bonds. The summed E-state index contributed by atoms with van der Waals surface area (Å²) in [6.45, 7) is 2.71. The molecule has 8 heteroatoms. The molecule has 0 bridgehead atoms. The fourth-order valence-corrected chi connectivity index (χ4v) is 3.15. The largest absolute Gasteiger partial charge is 0.497 e. The van der Waals surface area contributed by atoms with E-state index in [0.717, 1.165) is 37.5 Å². The van der Waals surface area contributed by atoms with Crippen LogP contribution in [0.25, 0.3) is 11.3 Å². The molecule has 172 valence electrons. The fourth-order valence-electron chi connectivity index (χ4n) is 3.15. The topological polar surface area (TPSA) is 106 Å². The second-order valence-electron chi connectivity index (χ2n) is 7.35. The van der Waals surface area contributed by atoms with Gasteiger partial charge >= 0.3 is 0 Å². The number of hydrogen-bond acceptors (Lipinski definition) is 7. The van der Waals surface area contributed by atoms with Crippen molar-refractivity contribution in [3.05, 3.63) is 70.5 Å². The van der Waals surface area contributed by atoms with Crippen LogP contribution in [0.5, 0.6) is 11.5 Å². The van der Waals surface area contributed by atoms with Crippen LogP contribution < -0.4 is 20.5 Å². The van der Waals surface area contributed by atoms with E-state index < -0.39 is 0 Å². The average molecular weight is 449 g/mol. The van der Waals surface area contributed by atoms with E-state index in [-0.39, 0.29) is 17.3 Å². The number of anilines is 1. The summed E-state index contributed by atoms with van der Waals surface area (Å²) in [6.07, 6.45) is 5.49. The van der Waals surface area contributed by atoms with Crippen molar-refractivity contribution >= 4 is 17.9 Å². The lowest BCUT2D eigenvalue weighted by Crippen LogP contribution is -2.11. The van der Waals surface area contributed by atoms with Crippen molar-refractivity contribution in [2.24, 2.45) is 5.10 Å². The lowest BCUT2D eigenvalue weighted by atomic mass is 10.1. The lowest BCUT2D eigenvalue weighted by Gasteiger charge is -2.09. The maximum atomic E-state index is 12.6. The van der Waals surface area contributed by atoms with Gasteiger partial charge in [0, 0.05) is 11.6 Å². The summed E-state index contributed by atoms with van der Waals surface area (Å²) in [4.78, 5) is 31.6. The molecule has 3 rings (SSSR count). The lowest BCUT2D eigenvalue weighted by molar-refractivity contribution is 0.106. The zero-order valence-corrected chi connectivity index (χ0v) is 18.8. The van der Waals surface area contributed by atoms with E-state index in [1.807, 2.05) is 6.07 Å². The molecule has 1 aromatic heterocycles. The third kappa shape index (κ3) is 7.03. The standard InChI is InChI=1S/C25H28N4O4/c1-3-4-5-8-15-33-23-10-7-6-9-20(23)22(30)17-26-29-25-27-21(16-24(31)28-25)18-11-13-19(32-2)14-12-18/h6-7,9-14,16-17H,3-5,8,15H2,1-2H3,(H2,27,28,29,31)/b26-17-. The Labute approximate surface area is 192 Å². The Morgan fingerprint density at radius 1 is 1.12 bits per heavy atom. The number of ether oxygens (including phenoxy) is 2. The van der Waals surface area contributed by atoms with Crippen LogP contribution in [-0.4, -0.2) is 35.7 Å². The molecular formula is C25H28N4O4. The Hall–Kier alpha value is -3.94. The predicted octanol–water partition coefficient (Wildman–Crippen LogP) is 4.69. The number of benzene rings is 2. The maximum absolute atomic E-state index is 12.6. The minimum absolute atomic E-state index is 0.123. The van der Waals surface area contributed by atoms with E-state index in [1.54, 1.807) is 49.6 Å². The van der Waals surface area contributed by atoms with Gasteiger partial charge < -0.3 is 9.47 Å². The van der Waals surface area contributed by atoms with E-state index >= 15 is 0 Å². The predicted molar refractivity (Wildman–Crippen MR) is 129 cm³/mol. The summed E-state index contributed by atoms with van der Waals surface area (Å²) >= 11 is 0. The van der Waals surface area contributed by atoms with Gasteiger partial charge in [-0.2, -0.15) is 5.10 Å². The number of hydrogen-bond donors (Lipinski definition) is 2. The van der Waals surface area contributed by atoms with Crippen molar-refractivity contribution in [3.63, 3.8) is 0 Å². The smallest absolute Gasteiger partial charge is 0.252 e. The first-order valence-electron chi connectivity index (χ1n) is 10.9. The van der Waals surface area contributed by atoms with Crippen molar-refractivity contribution < 1.29 is 14.3 Å². The zero-order chi connectivity index (χ0) is 23.5. The summed E-state index contributed by atoms with van der Waals surface area (Å²) in [5.41, 5.74) is 3.91. The highest BCUT2D eigenvalue weighted by atomic mass is 16.5. The van der Waals surface area contributed by atoms with Gasteiger partial charge in [-0.15, -0.1) is 0 Å². The highest BCUT2D eigenvalue weighted by molar-refractivity contribution is 6.36. The molecule has 0 saturated carbocycles. The van der Waals surface area contributed by atoms with Crippen LogP contribution >= 0.6 is 0 Å². The van der Waals surface area contributed by atoms with Crippen molar-refractivity contribution in [2.75, 3.05) is 19.1 Å². The molecular weight excluding hydrogens is 420 g/mol. The number of methoxy groups -OCH3 is 1. The summed E-state index contributed by atoms with van der Waals surface area (Å²) in [5, 5.41) is 3.95. The Kier molecular flexibility index (Phi) is 8.76. The number of carbonyl (C=O) groups excluding carboxylic acids is 1. The molecule has 8 nitrogen and oxygen atoms in total. The van der Waals surface area contributed by atoms with E-state index in [0.29, 0.717) is 29.4 Å². The van der Waals surface area contributed by atoms with Crippen molar-refractivity contribution in [1.82, 2.24) is 9.97 Å². The number of unbranched alkanes of at least 4 members (excludes halogenated alkanes) is 3. The number of para-hydroxylation sites is 1. The second kappa shape index (κ2) is 12.2. The number of aromatic amines is 1. The monoisotopic (exact) mass is 448 g/mol. The van der Waals surface area contributed by atoms with E-state index in [9.17, 15) is 9.59 Å². The number of hydrazone groups is 1. The van der Waals surface area contributed by atoms with Crippen molar-refractivity contribution in [3.8, 4) is 22.8 Å². The van der Waals surface area contributed by atoms with Crippen LogP contribution in [0.3, 0.4) is 0 Å². The quantitative estimate of drug-likeness (QED) is 0.180. The van der Waals surface area contributed by atoms with Crippen LogP contribution in [0.2, 0.25) is 0 Å². The van der Waals surface area contributed by atoms with Gasteiger partial charge in [-0.05, 0) is 42.8 Å². The van der Waals surface area contributed by atoms with Gasteiger partial charge in [0.15, 0.2) is 0 Å². The number of carbonyl (C=O) groups is 1. The third-order valence-electron chi connectivity index (χ3n) is 4.89. The van der Waals surface area contributed by atoms with Crippen LogP contribution in [0.1, 0.15) is 43.0 Å². The Bertz CT molecular complexity index is 1140. The van der Waals surface area contributed by atoms with Crippen LogP contribution in [0, 0.1) is 0 Å². The molecule has 0 spiro atoms. The van der Waals surface area contributed by atoms with Crippen molar-refractivity contribution in [1.29, 1.82) is 0 Å². The normalized spacial score (nSPS) is 10.8. The first-order valence-corrected chi connectivity index (χ1v) is 10.9. The highest BCUT2D eigenvalue weighted by Crippen LogP contribution is 2.21. The van der Waals surface area contributed by atoms with Gasteiger partial charge in [-0.1, -0.05) is 38.3 Å². The van der Waals surface area contributed by atoms with Gasteiger partial charge in [-0.25, -0.2) is 10.4 Å². The Balaban J connectivity index is 1.66. The van der Waals surface area contributed by atoms with Gasteiger partial charge in [0.2, 0.25) is 11.7 Å². The van der Waals surface area contributed by atoms with Crippen LogP contribution in [0.15, 0.2) is 64.5 Å². The molecule has 0 aliphatic heterocycles. The third-order valence-corrected chi connectivity index (χ3v) is 4.89. The van der Waals surface area contributed by atoms with Crippen LogP contribution in [0.4, 0.5) is 5.95 Å².